The number of carbonyl (C=O) groups is 1. The molecule has 76 valence electrons. The van der Waals surface area contributed by atoms with Gasteiger partial charge in [-0.05, 0) is 30.9 Å². The van der Waals surface area contributed by atoms with Crippen molar-refractivity contribution in [3.8, 4) is 0 Å². The predicted molar refractivity (Wildman–Crippen MR) is 54.2 cm³/mol. The number of aryl methyl sites for hydroxylation is 1. The fraction of sp³-hybridized carbons (Fsp3) is 0.583. The van der Waals surface area contributed by atoms with Crippen molar-refractivity contribution in [2.24, 2.45) is 5.92 Å². The first kappa shape index (κ1) is 9.50. The molecule has 1 aliphatic carbocycles. The third-order valence-corrected chi connectivity index (χ3v) is 2.90. The maximum Gasteiger partial charge on any atom is 0.120 e. The molecule has 2 unspecified atom stereocenters. The van der Waals surface area contributed by atoms with Crippen molar-refractivity contribution in [2.75, 3.05) is 0 Å². The third-order valence-electron chi connectivity index (χ3n) is 2.90. The Kier molecular flexibility index (Phi) is 2.71. The van der Waals surface area contributed by atoms with Gasteiger partial charge in [-0.15, -0.1) is 0 Å². The summed E-state index contributed by atoms with van der Waals surface area (Å²) in [4.78, 5) is 10.1. The van der Waals surface area contributed by atoms with E-state index in [2.05, 4.69) is 13.0 Å². The highest BCUT2D eigenvalue weighted by atomic mass is 16.3. The molecule has 0 N–H and O–H groups in total. The lowest BCUT2D eigenvalue weighted by molar-refractivity contribution is -0.107. The molecule has 0 aromatic carbocycles. The molecule has 1 heterocycles. The van der Waals surface area contributed by atoms with Gasteiger partial charge >= 0.3 is 0 Å². The number of hydrogen-bond acceptors (Lipinski definition) is 2. The van der Waals surface area contributed by atoms with Gasteiger partial charge in [0.25, 0.3) is 0 Å². The van der Waals surface area contributed by atoms with Crippen molar-refractivity contribution in [1.82, 2.24) is 0 Å². The Morgan fingerprint density at radius 1 is 1.57 bits per heavy atom. The highest BCUT2D eigenvalue weighted by molar-refractivity contribution is 5.49. The summed E-state index contributed by atoms with van der Waals surface area (Å²) in [6.45, 7) is 2.25. The zero-order valence-electron chi connectivity index (χ0n) is 8.53. The smallest absolute Gasteiger partial charge is 0.120 e. The number of furan rings is 1. The minimum Gasteiger partial charge on any atom is -0.466 e. The van der Waals surface area contributed by atoms with E-state index in [0.29, 0.717) is 12.3 Å². The van der Waals surface area contributed by atoms with Crippen LogP contribution in [0.25, 0.3) is 0 Å². The molecule has 1 aromatic rings. The van der Waals surface area contributed by atoms with Gasteiger partial charge in [0.05, 0.1) is 0 Å². The van der Waals surface area contributed by atoms with Crippen molar-refractivity contribution in [2.45, 2.75) is 38.5 Å². The first-order chi connectivity index (χ1) is 6.81. The van der Waals surface area contributed by atoms with Crippen LogP contribution < -0.4 is 0 Å². The van der Waals surface area contributed by atoms with E-state index in [1.165, 1.54) is 6.42 Å². The number of hydrogen-bond donors (Lipinski definition) is 0. The van der Waals surface area contributed by atoms with Gasteiger partial charge in [-0.2, -0.15) is 0 Å². The molecule has 2 heteroatoms. The average Bonchev–Trinajstić information content (AvgIpc) is 2.74. The average molecular weight is 192 g/mol. The minimum atomic E-state index is 0.635. The van der Waals surface area contributed by atoms with E-state index < -0.39 is 0 Å². The third kappa shape index (κ3) is 2.06. The summed E-state index contributed by atoms with van der Waals surface area (Å²) in [7, 11) is 0. The first-order valence-electron chi connectivity index (χ1n) is 5.33. The summed E-state index contributed by atoms with van der Waals surface area (Å²) in [5.41, 5.74) is 0. The molecular formula is C12H16O2. The molecule has 1 fully saturated rings. The fourth-order valence-electron chi connectivity index (χ4n) is 1.81. The molecule has 14 heavy (non-hydrogen) atoms. The van der Waals surface area contributed by atoms with Crippen LogP contribution in [0.15, 0.2) is 16.5 Å². The topological polar surface area (TPSA) is 30.2 Å². The molecule has 1 aliphatic rings. The monoisotopic (exact) mass is 192 g/mol. The Bertz CT molecular complexity index is 314. The normalized spacial score (nSPS) is 24.9. The van der Waals surface area contributed by atoms with E-state index in [-0.39, 0.29) is 0 Å². The fourth-order valence-corrected chi connectivity index (χ4v) is 1.81. The van der Waals surface area contributed by atoms with Crippen LogP contribution in [-0.2, 0) is 11.2 Å². The molecule has 2 nitrogen and oxygen atoms in total. The van der Waals surface area contributed by atoms with Crippen molar-refractivity contribution >= 4 is 6.29 Å². The minimum absolute atomic E-state index is 0.635. The van der Waals surface area contributed by atoms with Gasteiger partial charge in [-0.1, -0.05) is 6.92 Å². The van der Waals surface area contributed by atoms with Crippen LogP contribution >= 0.6 is 0 Å². The van der Waals surface area contributed by atoms with E-state index in [4.69, 9.17) is 4.42 Å². The summed E-state index contributed by atoms with van der Waals surface area (Å²) in [5, 5.41) is 0. The van der Waals surface area contributed by atoms with Crippen molar-refractivity contribution in [3.63, 3.8) is 0 Å². The van der Waals surface area contributed by atoms with Crippen LogP contribution in [0.4, 0.5) is 0 Å². The number of rotatable bonds is 5. The van der Waals surface area contributed by atoms with E-state index in [1.807, 2.05) is 6.07 Å². The van der Waals surface area contributed by atoms with Crippen LogP contribution in [0.1, 0.15) is 43.6 Å². The lowest BCUT2D eigenvalue weighted by atomic mass is 10.2. The molecule has 0 aliphatic heterocycles. The molecular weight excluding hydrogens is 176 g/mol. The van der Waals surface area contributed by atoms with Gasteiger partial charge in [-0.25, -0.2) is 0 Å². The molecule has 2 atom stereocenters. The molecule has 1 aromatic heterocycles. The Morgan fingerprint density at radius 2 is 2.36 bits per heavy atom. The first-order valence-corrected chi connectivity index (χ1v) is 5.33. The second-order valence-corrected chi connectivity index (χ2v) is 4.18. The summed E-state index contributed by atoms with van der Waals surface area (Å²) in [6, 6.07) is 4.13. The van der Waals surface area contributed by atoms with Gasteiger partial charge in [0.2, 0.25) is 0 Å². The predicted octanol–water partition coefficient (Wildman–Crippen LogP) is 2.92. The van der Waals surface area contributed by atoms with E-state index in [9.17, 15) is 4.79 Å². The number of aldehydes is 1. The summed E-state index contributed by atoms with van der Waals surface area (Å²) in [5.74, 6) is 3.62. The van der Waals surface area contributed by atoms with Gasteiger partial charge < -0.3 is 9.21 Å². The highest BCUT2D eigenvalue weighted by Gasteiger charge is 2.36. The van der Waals surface area contributed by atoms with Gasteiger partial charge in [0.15, 0.2) is 0 Å². The molecule has 2 rings (SSSR count). The van der Waals surface area contributed by atoms with Crippen molar-refractivity contribution in [3.05, 3.63) is 23.7 Å². The summed E-state index contributed by atoms with van der Waals surface area (Å²) >= 11 is 0. The highest BCUT2D eigenvalue weighted by Crippen LogP contribution is 2.47. The summed E-state index contributed by atoms with van der Waals surface area (Å²) in [6.07, 6.45) is 4.65. The van der Waals surface area contributed by atoms with Crippen LogP contribution in [0.5, 0.6) is 0 Å². The van der Waals surface area contributed by atoms with E-state index >= 15 is 0 Å². The van der Waals surface area contributed by atoms with Gasteiger partial charge in [0.1, 0.15) is 17.8 Å². The molecule has 0 spiro atoms. The lowest BCUT2D eigenvalue weighted by Gasteiger charge is -1.94. The van der Waals surface area contributed by atoms with Crippen LogP contribution in [0.2, 0.25) is 0 Å². The Morgan fingerprint density at radius 3 is 3.00 bits per heavy atom. The largest absolute Gasteiger partial charge is 0.466 e. The van der Waals surface area contributed by atoms with Crippen LogP contribution in [0.3, 0.4) is 0 Å². The molecule has 0 saturated heterocycles. The second-order valence-electron chi connectivity index (χ2n) is 4.18. The van der Waals surface area contributed by atoms with Crippen molar-refractivity contribution in [1.29, 1.82) is 0 Å². The zero-order valence-corrected chi connectivity index (χ0v) is 8.53. The van der Waals surface area contributed by atoms with Gasteiger partial charge in [-0.3, -0.25) is 0 Å². The molecule has 0 amide bonds. The van der Waals surface area contributed by atoms with Crippen molar-refractivity contribution < 1.29 is 9.21 Å². The van der Waals surface area contributed by atoms with E-state index in [1.54, 1.807) is 0 Å². The molecule has 0 radical (unpaired) electrons. The van der Waals surface area contributed by atoms with E-state index in [0.717, 1.165) is 36.6 Å². The molecule has 1 saturated carbocycles. The maximum atomic E-state index is 10.1. The Hall–Kier alpha value is -1.05. The Balaban J connectivity index is 1.86. The number of unbranched alkanes of at least 4 members (excludes halogenated alkanes) is 1. The lowest BCUT2D eigenvalue weighted by Crippen LogP contribution is -1.83. The molecule has 0 bridgehead atoms. The zero-order chi connectivity index (χ0) is 9.97. The second kappa shape index (κ2) is 3.99. The standard InChI is InChI=1S/C12H16O2/c1-9-8-11(9)12-6-5-10(14-12)4-2-3-7-13/h5-7,9,11H,2-4,8H2,1H3. The number of carbonyl (C=O) groups excluding carboxylic acids is 1. The maximum absolute atomic E-state index is 10.1. The van der Waals surface area contributed by atoms with Crippen LogP contribution in [0, 0.1) is 5.92 Å². The SMILES string of the molecule is CC1CC1c1ccc(CCCC=O)o1. The quantitative estimate of drug-likeness (QED) is 0.530. The van der Waals surface area contributed by atoms with Gasteiger partial charge in [0, 0.05) is 18.8 Å². The Labute approximate surface area is 84.3 Å². The summed E-state index contributed by atoms with van der Waals surface area (Å²) < 4.78 is 5.71. The van der Waals surface area contributed by atoms with Crippen LogP contribution in [-0.4, -0.2) is 6.29 Å².